The average Bonchev–Trinajstić information content (AvgIpc) is 3.06. The monoisotopic (exact) mass is 345 g/mol. The highest BCUT2D eigenvalue weighted by Gasteiger charge is 2.02. The molecule has 5 heteroatoms. The van der Waals surface area contributed by atoms with Gasteiger partial charge in [0.2, 0.25) is 0 Å². The smallest absolute Gasteiger partial charge is 0.191 e. The Morgan fingerprint density at radius 2 is 1.88 bits per heavy atom. The van der Waals surface area contributed by atoms with Crippen LogP contribution in [0.2, 0.25) is 0 Å². The van der Waals surface area contributed by atoms with Crippen LogP contribution in [0.4, 0.5) is 0 Å². The van der Waals surface area contributed by atoms with E-state index in [2.05, 4.69) is 65.9 Å². The number of rotatable bonds is 8. The second kappa shape index (κ2) is 10.1. The second-order valence-corrected chi connectivity index (χ2v) is 6.78. The standard InChI is InChI=1S/C19H27N3OS/c1-4-17-9-10-18(24-17)13-22-19(20-5-2)21-12-15-7-6-8-16(11-15)14-23-3/h6-11H,4-5,12-14H2,1-3H3,(H2,20,21,22). The molecule has 0 spiro atoms. The Bertz CT molecular complexity index is 652. The van der Waals surface area contributed by atoms with E-state index in [1.54, 1.807) is 7.11 Å². The zero-order valence-electron chi connectivity index (χ0n) is 14.8. The van der Waals surface area contributed by atoms with Crippen LogP contribution in [0.15, 0.2) is 41.4 Å². The van der Waals surface area contributed by atoms with Gasteiger partial charge in [-0.2, -0.15) is 0 Å². The number of aryl methyl sites for hydroxylation is 1. The van der Waals surface area contributed by atoms with Crippen LogP contribution in [0.25, 0.3) is 0 Å². The molecular formula is C19H27N3OS. The van der Waals surface area contributed by atoms with E-state index in [4.69, 9.17) is 4.74 Å². The number of aliphatic imine (C=N–C) groups is 1. The van der Waals surface area contributed by atoms with E-state index in [1.165, 1.54) is 20.9 Å². The molecule has 1 aromatic carbocycles. The minimum absolute atomic E-state index is 0.633. The fourth-order valence-electron chi connectivity index (χ4n) is 2.37. The molecule has 130 valence electrons. The molecule has 2 aromatic rings. The maximum Gasteiger partial charge on any atom is 0.191 e. The number of guanidine groups is 1. The SMILES string of the molecule is CCNC(=NCc1cccc(COC)c1)NCc1ccc(CC)s1. The molecule has 4 nitrogen and oxygen atoms in total. The Labute approximate surface area is 149 Å². The van der Waals surface area contributed by atoms with Crippen LogP contribution in [0.3, 0.4) is 0 Å². The van der Waals surface area contributed by atoms with Crippen LogP contribution >= 0.6 is 11.3 Å². The molecule has 0 amide bonds. The summed E-state index contributed by atoms with van der Waals surface area (Å²) in [6, 6.07) is 12.8. The van der Waals surface area contributed by atoms with E-state index in [9.17, 15) is 0 Å². The summed E-state index contributed by atoms with van der Waals surface area (Å²) in [4.78, 5) is 7.44. The fourth-order valence-corrected chi connectivity index (χ4v) is 3.27. The van der Waals surface area contributed by atoms with E-state index in [1.807, 2.05) is 11.3 Å². The number of nitrogens with zero attached hydrogens (tertiary/aromatic N) is 1. The van der Waals surface area contributed by atoms with Crippen molar-refractivity contribution in [2.24, 2.45) is 4.99 Å². The van der Waals surface area contributed by atoms with Crippen molar-refractivity contribution in [3.63, 3.8) is 0 Å². The largest absolute Gasteiger partial charge is 0.380 e. The molecule has 0 aliphatic rings. The number of nitrogens with one attached hydrogen (secondary N) is 2. The quantitative estimate of drug-likeness (QED) is 0.566. The molecule has 1 heterocycles. The van der Waals surface area contributed by atoms with Crippen molar-refractivity contribution < 1.29 is 4.74 Å². The zero-order valence-corrected chi connectivity index (χ0v) is 15.6. The van der Waals surface area contributed by atoms with Crippen LogP contribution in [0, 0.1) is 0 Å². The lowest BCUT2D eigenvalue weighted by atomic mass is 10.1. The van der Waals surface area contributed by atoms with Crippen molar-refractivity contribution in [1.29, 1.82) is 0 Å². The number of hydrogen-bond acceptors (Lipinski definition) is 3. The predicted molar refractivity (Wildman–Crippen MR) is 103 cm³/mol. The highest BCUT2D eigenvalue weighted by molar-refractivity contribution is 7.11. The van der Waals surface area contributed by atoms with E-state index < -0.39 is 0 Å². The molecule has 2 N–H and O–H groups in total. The Balaban J connectivity index is 1.95. The number of ether oxygens (including phenoxy) is 1. The summed E-state index contributed by atoms with van der Waals surface area (Å²) in [7, 11) is 1.71. The van der Waals surface area contributed by atoms with Gasteiger partial charge in [0, 0.05) is 23.4 Å². The summed E-state index contributed by atoms with van der Waals surface area (Å²) in [5.41, 5.74) is 2.36. The molecule has 0 radical (unpaired) electrons. The Morgan fingerprint density at radius 3 is 2.58 bits per heavy atom. The lowest BCUT2D eigenvalue weighted by molar-refractivity contribution is 0.185. The minimum Gasteiger partial charge on any atom is -0.380 e. The van der Waals surface area contributed by atoms with Crippen molar-refractivity contribution in [3.05, 3.63) is 57.3 Å². The number of hydrogen-bond donors (Lipinski definition) is 2. The number of methoxy groups -OCH3 is 1. The molecule has 0 bridgehead atoms. The van der Waals surface area contributed by atoms with Crippen LogP contribution in [-0.4, -0.2) is 19.6 Å². The maximum absolute atomic E-state index is 5.19. The first-order chi connectivity index (χ1) is 11.7. The molecule has 24 heavy (non-hydrogen) atoms. The molecule has 0 aliphatic heterocycles. The van der Waals surface area contributed by atoms with Gasteiger partial charge in [-0.05, 0) is 36.6 Å². The van der Waals surface area contributed by atoms with Crippen LogP contribution in [0.1, 0.15) is 34.7 Å². The van der Waals surface area contributed by atoms with Crippen molar-refractivity contribution in [2.45, 2.75) is 40.0 Å². The van der Waals surface area contributed by atoms with Gasteiger partial charge in [0.1, 0.15) is 0 Å². The summed E-state index contributed by atoms with van der Waals surface area (Å²) < 4.78 is 5.19. The van der Waals surface area contributed by atoms with Crippen LogP contribution in [-0.2, 0) is 30.9 Å². The molecule has 1 aromatic heterocycles. The molecule has 0 unspecified atom stereocenters. The Kier molecular flexibility index (Phi) is 7.79. The van der Waals surface area contributed by atoms with Gasteiger partial charge in [-0.1, -0.05) is 31.2 Å². The third kappa shape index (κ3) is 5.98. The molecular weight excluding hydrogens is 318 g/mol. The normalized spacial score (nSPS) is 11.5. The summed E-state index contributed by atoms with van der Waals surface area (Å²) >= 11 is 1.86. The van der Waals surface area contributed by atoms with Gasteiger partial charge >= 0.3 is 0 Å². The summed E-state index contributed by atoms with van der Waals surface area (Å²) in [6.07, 6.45) is 1.09. The van der Waals surface area contributed by atoms with Gasteiger partial charge in [0.25, 0.3) is 0 Å². The van der Waals surface area contributed by atoms with Crippen LogP contribution < -0.4 is 10.6 Å². The summed E-state index contributed by atoms with van der Waals surface area (Å²) in [6.45, 7) is 7.20. The summed E-state index contributed by atoms with van der Waals surface area (Å²) in [5.74, 6) is 0.848. The molecule has 0 fully saturated rings. The lowest BCUT2D eigenvalue weighted by Gasteiger charge is -2.11. The number of benzene rings is 1. The molecule has 0 aliphatic carbocycles. The predicted octanol–water partition coefficient (Wildman–Crippen LogP) is 3.71. The van der Waals surface area contributed by atoms with Crippen molar-refractivity contribution in [2.75, 3.05) is 13.7 Å². The third-order valence-corrected chi connectivity index (χ3v) is 4.79. The highest BCUT2D eigenvalue weighted by Crippen LogP contribution is 2.16. The van der Waals surface area contributed by atoms with Gasteiger partial charge in [-0.15, -0.1) is 11.3 Å². The zero-order chi connectivity index (χ0) is 17.2. The van der Waals surface area contributed by atoms with Gasteiger partial charge in [0.15, 0.2) is 5.96 Å². The lowest BCUT2D eigenvalue weighted by Crippen LogP contribution is -2.36. The first-order valence-corrected chi connectivity index (χ1v) is 9.23. The van der Waals surface area contributed by atoms with Gasteiger partial charge in [0.05, 0.1) is 19.7 Å². The van der Waals surface area contributed by atoms with E-state index in [0.717, 1.165) is 25.5 Å². The first kappa shape index (κ1) is 18.5. The van der Waals surface area contributed by atoms with E-state index >= 15 is 0 Å². The van der Waals surface area contributed by atoms with Crippen LogP contribution in [0.5, 0.6) is 0 Å². The Morgan fingerprint density at radius 1 is 1.08 bits per heavy atom. The van der Waals surface area contributed by atoms with Crippen molar-refractivity contribution in [1.82, 2.24) is 10.6 Å². The van der Waals surface area contributed by atoms with Gasteiger partial charge in [-0.25, -0.2) is 4.99 Å². The average molecular weight is 346 g/mol. The minimum atomic E-state index is 0.633. The first-order valence-electron chi connectivity index (χ1n) is 8.41. The molecule has 0 atom stereocenters. The maximum atomic E-state index is 5.19. The Hall–Kier alpha value is -1.85. The van der Waals surface area contributed by atoms with E-state index in [0.29, 0.717) is 13.2 Å². The second-order valence-electron chi connectivity index (χ2n) is 5.52. The topological polar surface area (TPSA) is 45.7 Å². The van der Waals surface area contributed by atoms with E-state index in [-0.39, 0.29) is 0 Å². The summed E-state index contributed by atoms with van der Waals surface area (Å²) in [5, 5.41) is 6.71. The molecule has 0 saturated heterocycles. The van der Waals surface area contributed by atoms with Crippen molar-refractivity contribution >= 4 is 17.3 Å². The van der Waals surface area contributed by atoms with Gasteiger partial charge < -0.3 is 15.4 Å². The molecule has 2 rings (SSSR count). The highest BCUT2D eigenvalue weighted by atomic mass is 32.1. The van der Waals surface area contributed by atoms with Gasteiger partial charge in [-0.3, -0.25) is 0 Å². The number of thiophene rings is 1. The molecule has 0 saturated carbocycles. The fraction of sp³-hybridized carbons (Fsp3) is 0.421. The van der Waals surface area contributed by atoms with Crippen molar-refractivity contribution in [3.8, 4) is 0 Å². The third-order valence-electron chi connectivity index (χ3n) is 3.56.